The number of benzene rings is 3. The van der Waals surface area contributed by atoms with Gasteiger partial charge in [-0.25, -0.2) is 9.98 Å². The predicted molar refractivity (Wildman–Crippen MR) is 243 cm³/mol. The van der Waals surface area contributed by atoms with E-state index in [2.05, 4.69) is 111 Å². The van der Waals surface area contributed by atoms with Crippen LogP contribution in [0, 0.1) is 16.7 Å². The Balaban J connectivity index is 1.37. The van der Waals surface area contributed by atoms with Crippen molar-refractivity contribution in [3.8, 4) is 23.2 Å². The van der Waals surface area contributed by atoms with Crippen LogP contribution in [0.15, 0.2) is 76.8 Å². The number of nitriles is 1. The third kappa shape index (κ3) is 10.9. The Kier molecular flexibility index (Phi) is 14.6. The highest BCUT2D eigenvalue weighted by atomic mass is 16.5. The maximum Gasteiger partial charge on any atom is 0.265 e. The molecule has 1 aromatic heterocycles. The number of unbranched alkanes of at least 4 members (excludes halogenated alkanes) is 3. The van der Waals surface area contributed by atoms with E-state index in [1.165, 1.54) is 5.56 Å². The molecule has 1 amide bonds. The second kappa shape index (κ2) is 19.2. The molecule has 1 unspecified atom stereocenters. The summed E-state index contributed by atoms with van der Waals surface area (Å²) in [5.74, 6) is 1.72. The summed E-state index contributed by atoms with van der Waals surface area (Å²) in [4.78, 5) is 27.8. The molecule has 1 N–H and O–H groups in total. The van der Waals surface area contributed by atoms with Gasteiger partial charge in [0.15, 0.2) is 11.9 Å². The van der Waals surface area contributed by atoms with Crippen LogP contribution >= 0.6 is 0 Å². The predicted octanol–water partition coefficient (Wildman–Crippen LogP) is 11.8. The van der Waals surface area contributed by atoms with Crippen molar-refractivity contribution in [2.24, 2.45) is 15.5 Å². The lowest BCUT2D eigenvalue weighted by Gasteiger charge is -2.31. The van der Waals surface area contributed by atoms with Gasteiger partial charge in [0.2, 0.25) is 5.82 Å². The number of amides is 1. The average Bonchev–Trinajstić information content (AvgIpc) is 3.79. The minimum absolute atomic E-state index is 0.0371. The Morgan fingerprint density at radius 3 is 2.20 bits per heavy atom. The molecule has 10 heteroatoms. The molecule has 0 fully saturated rings. The maximum absolute atomic E-state index is 14.0. The first-order valence-corrected chi connectivity index (χ1v) is 21.7. The first-order valence-electron chi connectivity index (χ1n) is 21.7. The first kappa shape index (κ1) is 44.8. The van der Waals surface area contributed by atoms with Crippen LogP contribution in [-0.4, -0.2) is 51.4 Å². The van der Waals surface area contributed by atoms with Gasteiger partial charge in [0.25, 0.3) is 5.91 Å². The molecule has 3 aromatic carbocycles. The Morgan fingerprint density at radius 2 is 1.59 bits per heavy atom. The summed E-state index contributed by atoms with van der Waals surface area (Å²) in [6.45, 7) is 25.6. The molecule has 1 atom stereocenters. The normalized spacial score (nSPS) is 14.1. The zero-order valence-corrected chi connectivity index (χ0v) is 37.4. The molecule has 59 heavy (non-hydrogen) atoms. The van der Waals surface area contributed by atoms with E-state index in [1.807, 2.05) is 48.5 Å². The van der Waals surface area contributed by atoms with Crippen LogP contribution in [0.3, 0.4) is 0 Å². The molecular weight excluding hydrogens is 733 g/mol. The Morgan fingerprint density at radius 1 is 0.898 bits per heavy atom. The summed E-state index contributed by atoms with van der Waals surface area (Å²) in [5, 5.41) is 21.8. The molecule has 0 aliphatic carbocycles. The molecule has 10 nitrogen and oxygen atoms in total. The van der Waals surface area contributed by atoms with Crippen molar-refractivity contribution in [1.29, 1.82) is 5.26 Å². The standard InChI is InChI=1S/C49H66N8O2/c1-12-16-17-18-20-41(59-40-30-23-35(48(8,9)13-2)33-39(40)49(10,11)14-3)46(58)52-37-24-21-34(22-25-37)44-53-45-42(43(47(5,6)7)54-57(45)55-44)51-36-26-28-38(29-27-36)56(15-4)32-19-31-50/h21-30,33,41H,12-20,32H2,1-11H3,(H,52,58). The van der Waals surface area contributed by atoms with Crippen molar-refractivity contribution < 1.29 is 9.53 Å². The van der Waals surface area contributed by atoms with Gasteiger partial charge >= 0.3 is 0 Å². The zero-order valence-electron chi connectivity index (χ0n) is 37.4. The molecule has 2 heterocycles. The lowest BCUT2D eigenvalue weighted by Crippen LogP contribution is -2.34. The second-order valence-electron chi connectivity index (χ2n) is 18.0. The molecule has 1 aliphatic heterocycles. The van der Waals surface area contributed by atoms with Gasteiger partial charge in [-0.15, -0.1) is 9.89 Å². The van der Waals surface area contributed by atoms with Crippen LogP contribution in [0.25, 0.3) is 11.4 Å². The second-order valence-corrected chi connectivity index (χ2v) is 18.0. The third-order valence-corrected chi connectivity index (χ3v) is 11.8. The number of rotatable bonds is 19. The quantitative estimate of drug-likeness (QED) is 0.0943. The van der Waals surface area contributed by atoms with E-state index >= 15 is 0 Å². The summed E-state index contributed by atoms with van der Waals surface area (Å²) < 4.78 is 6.73. The van der Waals surface area contributed by atoms with E-state index < -0.39 is 6.10 Å². The minimum atomic E-state index is -0.640. The van der Waals surface area contributed by atoms with Gasteiger partial charge in [-0.2, -0.15) is 10.4 Å². The fraction of sp³-hybridized carbons (Fsp3) is 0.510. The van der Waals surface area contributed by atoms with Gasteiger partial charge in [0.05, 0.1) is 23.9 Å². The van der Waals surface area contributed by atoms with Crippen LogP contribution in [0.5, 0.6) is 5.75 Å². The first-order chi connectivity index (χ1) is 28.0. The molecule has 0 radical (unpaired) electrons. The lowest BCUT2D eigenvalue weighted by molar-refractivity contribution is -0.123. The molecule has 0 saturated heterocycles. The van der Waals surface area contributed by atoms with E-state index in [0.29, 0.717) is 42.4 Å². The molecule has 314 valence electrons. The van der Waals surface area contributed by atoms with E-state index in [-0.39, 0.29) is 22.2 Å². The van der Waals surface area contributed by atoms with Crippen molar-refractivity contribution in [1.82, 2.24) is 14.9 Å². The number of carbonyl (C=O) groups is 1. The highest BCUT2D eigenvalue weighted by Gasteiger charge is 2.35. The number of carbonyl (C=O) groups excluding carboxylic acids is 1. The van der Waals surface area contributed by atoms with Crippen LogP contribution in [0.2, 0.25) is 0 Å². The summed E-state index contributed by atoms with van der Waals surface area (Å²) in [6.07, 6.45) is 6.65. The lowest BCUT2D eigenvalue weighted by atomic mass is 9.76. The van der Waals surface area contributed by atoms with Crippen molar-refractivity contribution in [2.45, 2.75) is 144 Å². The Labute approximate surface area is 353 Å². The average molecular weight is 799 g/mol. The van der Waals surface area contributed by atoms with Gasteiger partial charge in [-0.1, -0.05) is 101 Å². The van der Waals surface area contributed by atoms with E-state index in [1.54, 1.807) is 4.79 Å². The van der Waals surface area contributed by atoms with Crippen LogP contribution in [0.1, 0.15) is 144 Å². The van der Waals surface area contributed by atoms with Crippen LogP contribution < -0.4 is 15.0 Å². The topological polar surface area (TPSA) is 121 Å². The molecule has 0 saturated carbocycles. The molecule has 0 spiro atoms. The molecule has 1 aliphatic rings. The summed E-state index contributed by atoms with van der Waals surface area (Å²) in [7, 11) is 0. The number of hydrogen-bond acceptors (Lipinski definition) is 8. The van der Waals surface area contributed by atoms with Crippen molar-refractivity contribution in [2.75, 3.05) is 23.3 Å². The highest BCUT2D eigenvalue weighted by Crippen LogP contribution is 2.39. The van der Waals surface area contributed by atoms with Crippen LogP contribution in [-0.2, 0) is 15.6 Å². The number of ether oxygens (including phenoxy) is 1. The monoisotopic (exact) mass is 799 g/mol. The van der Waals surface area contributed by atoms with E-state index in [4.69, 9.17) is 30.2 Å². The van der Waals surface area contributed by atoms with Crippen LogP contribution in [0.4, 0.5) is 17.1 Å². The summed E-state index contributed by atoms with van der Waals surface area (Å²) in [6, 6.07) is 24.4. The Bertz CT molecular complexity index is 2150. The maximum atomic E-state index is 14.0. The van der Waals surface area contributed by atoms with Crippen molar-refractivity contribution in [3.05, 3.63) is 83.7 Å². The van der Waals surface area contributed by atoms with Gasteiger partial charge in [0, 0.05) is 41.0 Å². The number of aliphatic imine (C=N–C) groups is 1. The minimum Gasteiger partial charge on any atom is -0.480 e. The fourth-order valence-electron chi connectivity index (χ4n) is 7.08. The number of anilines is 2. The summed E-state index contributed by atoms with van der Waals surface area (Å²) >= 11 is 0. The third-order valence-electron chi connectivity index (χ3n) is 11.8. The SMILES string of the molecule is CCCCCCC(Oc1ccc(C(C)(C)CC)cc1C(C)(C)CC)C(=O)Nc1ccc(-c2nc3n(n2)N=C(C(C)(C)C)C3=Nc2ccc(N(CC)CCC#N)cc2)cc1. The van der Waals surface area contributed by atoms with E-state index in [0.717, 1.165) is 79.0 Å². The van der Waals surface area contributed by atoms with E-state index in [9.17, 15) is 4.79 Å². The number of nitrogens with one attached hydrogen (secondary N) is 1. The largest absolute Gasteiger partial charge is 0.480 e. The number of nitrogens with zero attached hydrogens (tertiary/aromatic N) is 7. The zero-order chi connectivity index (χ0) is 43.0. The highest BCUT2D eigenvalue weighted by molar-refractivity contribution is 6.50. The van der Waals surface area contributed by atoms with Crippen molar-refractivity contribution in [3.63, 3.8) is 0 Å². The van der Waals surface area contributed by atoms with Gasteiger partial charge < -0.3 is 15.0 Å². The molecule has 0 bridgehead atoms. The number of aromatic nitrogens is 3. The van der Waals surface area contributed by atoms with Gasteiger partial charge in [-0.3, -0.25) is 4.79 Å². The van der Waals surface area contributed by atoms with Gasteiger partial charge in [0.1, 0.15) is 11.5 Å². The number of fused-ring (bicyclic) bond motifs is 1. The molecule has 5 rings (SSSR count). The summed E-state index contributed by atoms with van der Waals surface area (Å²) in [5.41, 5.74) is 6.85. The smallest absolute Gasteiger partial charge is 0.265 e. The molecule has 4 aromatic rings. The molecular formula is C49H66N8O2. The fourth-order valence-corrected chi connectivity index (χ4v) is 7.08. The van der Waals surface area contributed by atoms with Crippen molar-refractivity contribution >= 4 is 34.4 Å². The number of hydrogen-bond donors (Lipinski definition) is 1. The Hall–Kier alpha value is -5.30. The van der Waals surface area contributed by atoms with Gasteiger partial charge in [-0.05, 0) is 104 Å².